The number of carbonyl (C=O) groups is 1. The van der Waals surface area contributed by atoms with Crippen LogP contribution in [0.25, 0.3) is 10.1 Å². The summed E-state index contributed by atoms with van der Waals surface area (Å²) in [5.41, 5.74) is 7.31. The zero-order valence-electron chi connectivity index (χ0n) is 14.2. The minimum Gasteiger partial charge on any atom is -0.389 e. The summed E-state index contributed by atoms with van der Waals surface area (Å²) in [5, 5.41) is 14.6. The van der Waals surface area contributed by atoms with Crippen LogP contribution in [-0.4, -0.2) is 45.1 Å². The number of nitrogens with one attached hydrogen (secondary N) is 1. The first kappa shape index (κ1) is 16.7. The van der Waals surface area contributed by atoms with E-state index in [2.05, 4.69) is 22.2 Å². The summed E-state index contributed by atoms with van der Waals surface area (Å²) < 4.78 is 0.905. The van der Waals surface area contributed by atoms with Crippen LogP contribution in [-0.2, 0) is 0 Å². The summed E-state index contributed by atoms with van der Waals surface area (Å²) >= 11 is 1.53. The van der Waals surface area contributed by atoms with Crippen LogP contribution in [0.1, 0.15) is 29.0 Å². The highest BCUT2D eigenvalue weighted by Crippen LogP contribution is 2.35. The van der Waals surface area contributed by atoms with E-state index in [0.29, 0.717) is 24.6 Å². The number of hydrogen-bond acceptors (Lipinski definition) is 7. The van der Waals surface area contributed by atoms with E-state index in [0.717, 1.165) is 20.7 Å². The van der Waals surface area contributed by atoms with E-state index < -0.39 is 6.10 Å². The van der Waals surface area contributed by atoms with E-state index in [1.54, 1.807) is 17.2 Å². The maximum Gasteiger partial charge on any atom is 0.273 e. The van der Waals surface area contributed by atoms with Gasteiger partial charge in [0.15, 0.2) is 0 Å². The minimum atomic E-state index is -0.449. The van der Waals surface area contributed by atoms with E-state index in [-0.39, 0.29) is 11.9 Å². The number of nitrogens with two attached hydrogens (primary N) is 1. The molecule has 3 aromatic heterocycles. The molecule has 4 heterocycles. The maximum atomic E-state index is 12.7. The number of aromatic nitrogens is 2. The number of carbonyl (C=O) groups excluding carboxylic acids is 1. The van der Waals surface area contributed by atoms with Gasteiger partial charge in [0.05, 0.1) is 17.1 Å². The number of nitrogens with zero attached hydrogens (tertiary/aromatic N) is 3. The summed E-state index contributed by atoms with van der Waals surface area (Å²) in [6.45, 7) is 2.73. The zero-order chi connectivity index (χ0) is 18.3. The Morgan fingerprint density at radius 1 is 1.46 bits per heavy atom. The molecule has 1 amide bonds. The molecule has 1 aliphatic heterocycles. The van der Waals surface area contributed by atoms with Crippen LogP contribution in [0.4, 0.5) is 10.8 Å². The molecule has 0 radical (unpaired) electrons. The summed E-state index contributed by atoms with van der Waals surface area (Å²) in [6, 6.07) is 7.71. The van der Waals surface area contributed by atoms with Crippen molar-refractivity contribution in [3.05, 3.63) is 47.9 Å². The number of aliphatic hydroxyl groups is 1. The van der Waals surface area contributed by atoms with Gasteiger partial charge in [-0.3, -0.25) is 9.78 Å². The van der Waals surface area contributed by atoms with Crippen molar-refractivity contribution in [1.82, 2.24) is 14.9 Å². The number of pyridine rings is 2. The van der Waals surface area contributed by atoms with Crippen LogP contribution < -0.4 is 11.1 Å². The lowest BCUT2D eigenvalue weighted by molar-refractivity contribution is 0.00566. The van der Waals surface area contributed by atoms with Gasteiger partial charge in [-0.2, -0.15) is 0 Å². The molecule has 0 aliphatic carbocycles. The number of aliphatic hydroxyl groups excluding tert-OH is 1. The molecular formula is C18H19N5O2S. The second-order valence-corrected chi connectivity index (χ2v) is 7.52. The maximum absolute atomic E-state index is 12.7. The molecule has 1 saturated heterocycles. The average Bonchev–Trinajstić information content (AvgIpc) is 3.00. The Morgan fingerprint density at radius 3 is 2.96 bits per heavy atom. The number of nitrogen functional groups attached to an aromatic ring is 1. The fourth-order valence-corrected chi connectivity index (χ4v) is 4.08. The Kier molecular flexibility index (Phi) is 4.21. The van der Waals surface area contributed by atoms with Gasteiger partial charge in [-0.25, -0.2) is 4.98 Å². The van der Waals surface area contributed by atoms with Gasteiger partial charge in [-0.05, 0) is 30.7 Å². The van der Waals surface area contributed by atoms with E-state index >= 15 is 0 Å². The fraction of sp³-hybridized carbons (Fsp3) is 0.278. The van der Waals surface area contributed by atoms with Gasteiger partial charge < -0.3 is 21.1 Å². The first-order valence-corrected chi connectivity index (χ1v) is 9.17. The molecule has 1 aliphatic rings. The van der Waals surface area contributed by atoms with Gasteiger partial charge in [0.1, 0.15) is 11.5 Å². The summed E-state index contributed by atoms with van der Waals surface area (Å²) in [5.74, 6) is 0.118. The number of hydrogen-bond donors (Lipinski definition) is 3. The number of thiophene rings is 1. The highest BCUT2D eigenvalue weighted by molar-refractivity contribution is 7.22. The molecular weight excluding hydrogens is 350 g/mol. The molecule has 0 unspecified atom stereocenters. The van der Waals surface area contributed by atoms with Crippen molar-refractivity contribution >= 4 is 38.1 Å². The van der Waals surface area contributed by atoms with E-state index in [1.807, 2.05) is 24.4 Å². The molecule has 7 nitrogen and oxygen atoms in total. The third-order valence-corrected chi connectivity index (χ3v) is 5.44. The number of fused-ring (bicyclic) bond motifs is 1. The minimum absolute atomic E-state index is 0.0757. The Balaban J connectivity index is 1.64. The lowest BCUT2D eigenvalue weighted by Gasteiger charge is -2.35. The number of likely N-dealkylation sites (tertiary alicyclic amines) is 1. The predicted octanol–water partition coefficient (Wildman–Crippen LogP) is 2.26. The lowest BCUT2D eigenvalue weighted by Crippen LogP contribution is -2.53. The van der Waals surface area contributed by atoms with E-state index in [1.165, 1.54) is 11.3 Å². The first-order chi connectivity index (χ1) is 12.5. The quantitative estimate of drug-likeness (QED) is 0.652. The van der Waals surface area contributed by atoms with Crippen molar-refractivity contribution in [3.63, 3.8) is 0 Å². The molecule has 0 aromatic carbocycles. The molecule has 0 bridgehead atoms. The normalized spacial score (nSPS) is 15.7. The molecule has 4 N–H and O–H groups in total. The Bertz CT molecular complexity index is 953. The summed E-state index contributed by atoms with van der Waals surface area (Å²) in [6.07, 6.45) is 3.12. The van der Waals surface area contributed by atoms with Crippen molar-refractivity contribution < 1.29 is 9.90 Å². The van der Waals surface area contributed by atoms with Gasteiger partial charge in [-0.15, -0.1) is 11.3 Å². The van der Waals surface area contributed by atoms with Crippen LogP contribution in [0.5, 0.6) is 0 Å². The van der Waals surface area contributed by atoms with Gasteiger partial charge in [0.2, 0.25) is 0 Å². The van der Waals surface area contributed by atoms with E-state index in [4.69, 9.17) is 5.73 Å². The molecule has 1 atom stereocenters. The molecule has 8 heteroatoms. The number of β-amino-alcohol motifs (C(OH)–C–C–N with tert-alkyl or cyclic N) is 1. The van der Waals surface area contributed by atoms with Crippen molar-refractivity contribution in [2.75, 3.05) is 24.1 Å². The van der Waals surface area contributed by atoms with Gasteiger partial charge >= 0.3 is 0 Å². The molecule has 1 fully saturated rings. The van der Waals surface area contributed by atoms with Crippen molar-refractivity contribution in [2.45, 2.75) is 19.1 Å². The Hall–Kier alpha value is -2.71. The third-order valence-electron chi connectivity index (χ3n) is 4.43. The largest absolute Gasteiger partial charge is 0.389 e. The van der Waals surface area contributed by atoms with Crippen molar-refractivity contribution in [1.29, 1.82) is 0 Å². The second kappa shape index (κ2) is 6.54. The third kappa shape index (κ3) is 3.09. The van der Waals surface area contributed by atoms with E-state index in [9.17, 15) is 9.90 Å². The summed E-state index contributed by atoms with van der Waals surface area (Å²) in [4.78, 5) is 22.6. The molecule has 26 heavy (non-hydrogen) atoms. The van der Waals surface area contributed by atoms with Crippen molar-refractivity contribution in [3.8, 4) is 0 Å². The highest BCUT2D eigenvalue weighted by atomic mass is 32.1. The summed E-state index contributed by atoms with van der Waals surface area (Å²) in [7, 11) is 0. The van der Waals surface area contributed by atoms with Crippen LogP contribution in [0.3, 0.4) is 0 Å². The van der Waals surface area contributed by atoms with Gasteiger partial charge in [0.25, 0.3) is 5.91 Å². The topological polar surface area (TPSA) is 104 Å². The second-order valence-electron chi connectivity index (χ2n) is 6.43. The lowest BCUT2D eigenvalue weighted by atomic mass is 10.1. The number of rotatable bonds is 4. The molecule has 0 saturated carbocycles. The number of anilines is 2. The molecule has 3 aromatic rings. The zero-order valence-corrected chi connectivity index (χ0v) is 15.0. The monoisotopic (exact) mass is 369 g/mol. The van der Waals surface area contributed by atoms with Crippen LogP contribution in [0.2, 0.25) is 0 Å². The van der Waals surface area contributed by atoms with Crippen molar-refractivity contribution in [2.24, 2.45) is 0 Å². The predicted molar refractivity (Wildman–Crippen MR) is 102 cm³/mol. The number of amides is 1. The molecule has 4 rings (SSSR count). The van der Waals surface area contributed by atoms with Gasteiger partial charge in [0, 0.05) is 35.6 Å². The first-order valence-electron chi connectivity index (χ1n) is 8.35. The highest BCUT2D eigenvalue weighted by Gasteiger charge is 2.31. The van der Waals surface area contributed by atoms with Crippen LogP contribution in [0.15, 0.2) is 36.7 Å². The van der Waals surface area contributed by atoms with Crippen LogP contribution in [0, 0.1) is 0 Å². The molecule has 134 valence electrons. The molecule has 0 spiro atoms. The average molecular weight is 369 g/mol. The Morgan fingerprint density at radius 2 is 2.27 bits per heavy atom. The SMILES string of the molecule is C[C@H](Nc1cc2c(C(=O)N3CC(O)C3)nc(N)cc2s1)c1cccnc1. The Labute approximate surface area is 154 Å². The standard InChI is InChI=1S/C18H19N5O2S/c1-10(11-3-2-4-20-7-11)21-16-5-13-14(26-16)6-15(19)22-17(13)18(25)23-8-12(24)9-23/h2-7,10,12,21,24H,8-9H2,1H3,(H2,19,22)/t10-/m0/s1. The van der Waals surface area contributed by atoms with Crippen LogP contribution >= 0.6 is 11.3 Å². The van der Waals surface area contributed by atoms with Gasteiger partial charge in [-0.1, -0.05) is 6.07 Å². The fourth-order valence-electron chi connectivity index (χ4n) is 2.99. The smallest absolute Gasteiger partial charge is 0.273 e.